The molecule has 2 aromatic heterocycles. The summed E-state index contributed by atoms with van der Waals surface area (Å²) < 4.78 is 3.69. The molecule has 1 aliphatic heterocycles. The monoisotopic (exact) mass is 260 g/mol. The standard InChI is InChI=1S/C12H16N6O/c1-9-15-16-11-4-3-10(7-18(9)11)14-12(19)8-17-6-2-5-13-17/h2,5-6,10H,3-4,7-8H2,1H3,(H,14,19). The molecule has 3 rings (SSSR count). The molecule has 3 heterocycles. The molecule has 7 heteroatoms. The Morgan fingerprint density at radius 1 is 1.53 bits per heavy atom. The quantitative estimate of drug-likeness (QED) is 0.837. The van der Waals surface area contributed by atoms with Crippen LogP contribution in [0.3, 0.4) is 0 Å². The first-order valence-corrected chi connectivity index (χ1v) is 6.38. The van der Waals surface area contributed by atoms with E-state index in [0.717, 1.165) is 31.0 Å². The van der Waals surface area contributed by atoms with Gasteiger partial charge in [0.25, 0.3) is 0 Å². The molecular weight excluding hydrogens is 244 g/mol. The first-order chi connectivity index (χ1) is 9.22. The molecule has 2 aromatic rings. The van der Waals surface area contributed by atoms with Gasteiger partial charge in [0, 0.05) is 31.4 Å². The van der Waals surface area contributed by atoms with E-state index in [0.29, 0.717) is 0 Å². The van der Waals surface area contributed by atoms with Gasteiger partial charge in [0.15, 0.2) is 0 Å². The van der Waals surface area contributed by atoms with E-state index in [9.17, 15) is 4.79 Å². The number of aromatic nitrogens is 5. The van der Waals surface area contributed by atoms with Crippen LogP contribution in [0.15, 0.2) is 18.5 Å². The second kappa shape index (κ2) is 4.83. The molecule has 0 saturated carbocycles. The highest BCUT2D eigenvalue weighted by Crippen LogP contribution is 2.14. The summed E-state index contributed by atoms with van der Waals surface area (Å²) in [6, 6.07) is 1.95. The number of carbonyl (C=O) groups excluding carboxylic acids is 1. The van der Waals surface area contributed by atoms with Gasteiger partial charge in [-0.15, -0.1) is 10.2 Å². The second-order valence-corrected chi connectivity index (χ2v) is 4.78. The van der Waals surface area contributed by atoms with Gasteiger partial charge in [-0.2, -0.15) is 5.10 Å². The number of hydrogen-bond donors (Lipinski definition) is 1. The smallest absolute Gasteiger partial charge is 0.242 e. The van der Waals surface area contributed by atoms with E-state index in [4.69, 9.17) is 0 Å². The molecule has 100 valence electrons. The van der Waals surface area contributed by atoms with Crippen molar-refractivity contribution in [3.05, 3.63) is 30.1 Å². The van der Waals surface area contributed by atoms with E-state index in [1.54, 1.807) is 23.1 Å². The van der Waals surface area contributed by atoms with E-state index < -0.39 is 0 Å². The van der Waals surface area contributed by atoms with Gasteiger partial charge in [-0.25, -0.2) is 0 Å². The van der Waals surface area contributed by atoms with Crippen molar-refractivity contribution < 1.29 is 4.79 Å². The van der Waals surface area contributed by atoms with E-state index in [1.165, 1.54) is 0 Å². The lowest BCUT2D eigenvalue weighted by atomic mass is 10.1. The first kappa shape index (κ1) is 11.9. The maximum atomic E-state index is 11.9. The summed E-state index contributed by atoms with van der Waals surface area (Å²) in [5, 5.41) is 15.2. The summed E-state index contributed by atoms with van der Waals surface area (Å²) in [5.41, 5.74) is 0. The molecule has 0 fully saturated rings. The largest absolute Gasteiger partial charge is 0.350 e. The minimum atomic E-state index is -0.0112. The van der Waals surface area contributed by atoms with E-state index >= 15 is 0 Å². The summed E-state index contributed by atoms with van der Waals surface area (Å²) in [6.07, 6.45) is 5.21. The summed E-state index contributed by atoms with van der Waals surface area (Å²) in [6.45, 7) is 2.95. The zero-order valence-electron chi connectivity index (χ0n) is 10.8. The number of fused-ring (bicyclic) bond motifs is 1. The van der Waals surface area contributed by atoms with Gasteiger partial charge in [0.1, 0.15) is 18.2 Å². The van der Waals surface area contributed by atoms with Crippen molar-refractivity contribution in [3.8, 4) is 0 Å². The molecule has 0 radical (unpaired) electrons. The second-order valence-electron chi connectivity index (χ2n) is 4.78. The summed E-state index contributed by atoms with van der Waals surface area (Å²) >= 11 is 0. The molecule has 0 spiro atoms. The predicted octanol–water partition coefficient (Wildman–Crippen LogP) is -0.0858. The Bertz CT molecular complexity index is 573. The van der Waals surface area contributed by atoms with Gasteiger partial charge in [-0.3, -0.25) is 9.48 Å². The number of nitrogens with zero attached hydrogens (tertiary/aromatic N) is 5. The van der Waals surface area contributed by atoms with Crippen LogP contribution in [0.4, 0.5) is 0 Å². The fourth-order valence-electron chi connectivity index (χ4n) is 2.39. The van der Waals surface area contributed by atoms with Crippen molar-refractivity contribution in [1.82, 2.24) is 29.9 Å². The Kier molecular flexibility index (Phi) is 3.02. The zero-order valence-corrected chi connectivity index (χ0v) is 10.8. The molecule has 0 aromatic carbocycles. The van der Waals surface area contributed by atoms with Crippen molar-refractivity contribution in [2.75, 3.05) is 0 Å². The van der Waals surface area contributed by atoms with Crippen LogP contribution in [0.25, 0.3) is 0 Å². The number of nitrogens with one attached hydrogen (secondary N) is 1. The van der Waals surface area contributed by atoms with Crippen LogP contribution in [0.2, 0.25) is 0 Å². The van der Waals surface area contributed by atoms with Crippen LogP contribution in [0.5, 0.6) is 0 Å². The molecule has 0 bridgehead atoms. The molecule has 7 nitrogen and oxygen atoms in total. The molecule has 1 atom stereocenters. The van der Waals surface area contributed by atoms with Gasteiger partial charge >= 0.3 is 0 Å². The molecule has 19 heavy (non-hydrogen) atoms. The van der Waals surface area contributed by atoms with Crippen LogP contribution in [-0.2, 0) is 24.3 Å². The molecule has 0 aliphatic carbocycles. The zero-order chi connectivity index (χ0) is 13.2. The van der Waals surface area contributed by atoms with Gasteiger partial charge in [0.05, 0.1) is 0 Å². The number of hydrogen-bond acceptors (Lipinski definition) is 4. The van der Waals surface area contributed by atoms with E-state index in [1.807, 2.05) is 6.92 Å². The lowest BCUT2D eigenvalue weighted by Gasteiger charge is -2.24. The fourth-order valence-corrected chi connectivity index (χ4v) is 2.39. The van der Waals surface area contributed by atoms with Crippen LogP contribution >= 0.6 is 0 Å². The lowest BCUT2D eigenvalue weighted by Crippen LogP contribution is -2.42. The summed E-state index contributed by atoms with van der Waals surface area (Å²) in [5.74, 6) is 1.90. The molecular formula is C12H16N6O. The van der Waals surface area contributed by atoms with Crippen LogP contribution < -0.4 is 5.32 Å². The molecule has 1 N–H and O–H groups in total. The highest BCUT2D eigenvalue weighted by Gasteiger charge is 2.22. The van der Waals surface area contributed by atoms with Crippen LogP contribution in [0, 0.1) is 6.92 Å². The van der Waals surface area contributed by atoms with Gasteiger partial charge in [0.2, 0.25) is 5.91 Å². The number of aryl methyl sites for hydroxylation is 2. The van der Waals surface area contributed by atoms with Gasteiger partial charge in [-0.05, 0) is 19.4 Å². The Balaban J connectivity index is 1.60. The number of amides is 1. The number of carbonyl (C=O) groups is 1. The van der Waals surface area contributed by atoms with Crippen molar-refractivity contribution in [2.24, 2.45) is 0 Å². The minimum Gasteiger partial charge on any atom is -0.350 e. The van der Waals surface area contributed by atoms with Crippen molar-refractivity contribution >= 4 is 5.91 Å². The topological polar surface area (TPSA) is 77.6 Å². The third-order valence-corrected chi connectivity index (χ3v) is 3.36. The lowest BCUT2D eigenvalue weighted by molar-refractivity contribution is -0.122. The normalized spacial score (nSPS) is 18.1. The maximum Gasteiger partial charge on any atom is 0.242 e. The van der Waals surface area contributed by atoms with E-state index in [2.05, 4.69) is 25.2 Å². The van der Waals surface area contributed by atoms with E-state index in [-0.39, 0.29) is 18.5 Å². The average molecular weight is 260 g/mol. The molecule has 1 aliphatic rings. The average Bonchev–Trinajstić information content (AvgIpc) is 3.00. The highest BCUT2D eigenvalue weighted by atomic mass is 16.2. The highest BCUT2D eigenvalue weighted by molar-refractivity contribution is 5.75. The third kappa shape index (κ3) is 2.49. The Hall–Kier alpha value is -2.18. The first-order valence-electron chi connectivity index (χ1n) is 6.38. The molecule has 1 unspecified atom stereocenters. The molecule has 0 saturated heterocycles. The predicted molar refractivity (Wildman–Crippen MR) is 67.2 cm³/mol. The fraction of sp³-hybridized carbons (Fsp3) is 0.500. The van der Waals surface area contributed by atoms with Gasteiger partial charge < -0.3 is 9.88 Å². The van der Waals surface area contributed by atoms with Crippen LogP contribution in [-0.4, -0.2) is 36.5 Å². The maximum absolute atomic E-state index is 11.9. The SMILES string of the molecule is Cc1nnc2n1CC(NC(=O)Cn1cccn1)CC2. The van der Waals surface area contributed by atoms with Crippen molar-refractivity contribution in [1.29, 1.82) is 0 Å². The minimum absolute atomic E-state index is 0.0112. The van der Waals surface area contributed by atoms with Crippen LogP contribution in [0.1, 0.15) is 18.1 Å². The van der Waals surface area contributed by atoms with Crippen molar-refractivity contribution in [2.45, 2.75) is 38.9 Å². The Morgan fingerprint density at radius 2 is 2.42 bits per heavy atom. The Morgan fingerprint density at radius 3 is 3.21 bits per heavy atom. The summed E-state index contributed by atoms with van der Waals surface area (Å²) in [4.78, 5) is 11.9. The molecule has 1 amide bonds. The summed E-state index contributed by atoms with van der Waals surface area (Å²) in [7, 11) is 0. The Labute approximate surface area is 110 Å². The van der Waals surface area contributed by atoms with Crippen molar-refractivity contribution in [3.63, 3.8) is 0 Å². The third-order valence-electron chi connectivity index (χ3n) is 3.36. The van der Waals surface area contributed by atoms with Gasteiger partial charge in [-0.1, -0.05) is 0 Å². The number of rotatable bonds is 3.